The second-order valence-electron chi connectivity index (χ2n) is 5.35. The lowest BCUT2D eigenvalue weighted by Gasteiger charge is -2.28. The molecule has 0 spiro atoms. The number of fused-ring (bicyclic) bond motifs is 1. The normalized spacial score (nSPS) is 12.9. The molecule has 19 heavy (non-hydrogen) atoms. The van der Waals surface area contributed by atoms with Gasteiger partial charge in [-0.3, -0.25) is 0 Å². The van der Waals surface area contributed by atoms with Crippen molar-refractivity contribution in [3.8, 4) is 0 Å². The number of nitrogens with one attached hydrogen (secondary N) is 1. The SMILES string of the molecule is CNc1nc(N(C)C(C)CC(C)C)c2ccsc2n1. The molecule has 0 radical (unpaired) electrons. The second kappa shape index (κ2) is 5.74. The Balaban J connectivity index is 2.39. The van der Waals surface area contributed by atoms with Crippen LogP contribution in [0.3, 0.4) is 0 Å². The van der Waals surface area contributed by atoms with E-state index in [0.29, 0.717) is 17.9 Å². The summed E-state index contributed by atoms with van der Waals surface area (Å²) < 4.78 is 0. The van der Waals surface area contributed by atoms with Gasteiger partial charge in [-0.25, -0.2) is 4.98 Å². The molecule has 2 rings (SSSR count). The van der Waals surface area contributed by atoms with Crippen LogP contribution in [0.4, 0.5) is 11.8 Å². The van der Waals surface area contributed by atoms with Crippen LogP contribution < -0.4 is 10.2 Å². The number of hydrogen-bond donors (Lipinski definition) is 1. The van der Waals surface area contributed by atoms with Crippen molar-refractivity contribution in [2.45, 2.75) is 33.2 Å². The van der Waals surface area contributed by atoms with Crippen molar-refractivity contribution < 1.29 is 0 Å². The van der Waals surface area contributed by atoms with E-state index in [1.807, 2.05) is 7.05 Å². The van der Waals surface area contributed by atoms with Crippen molar-refractivity contribution >= 4 is 33.3 Å². The molecule has 1 N–H and O–H groups in total. The molecule has 0 saturated heterocycles. The van der Waals surface area contributed by atoms with E-state index in [1.165, 1.54) is 0 Å². The van der Waals surface area contributed by atoms with E-state index >= 15 is 0 Å². The van der Waals surface area contributed by atoms with Gasteiger partial charge in [-0.15, -0.1) is 11.3 Å². The first kappa shape index (κ1) is 14.1. The summed E-state index contributed by atoms with van der Waals surface area (Å²) in [6, 6.07) is 2.57. The molecule has 1 atom stereocenters. The molecule has 2 aromatic rings. The molecule has 0 aliphatic heterocycles. The van der Waals surface area contributed by atoms with Gasteiger partial charge in [0.2, 0.25) is 5.95 Å². The lowest BCUT2D eigenvalue weighted by atomic mass is 10.0. The average molecular weight is 278 g/mol. The Bertz CT molecular complexity index is 549. The molecule has 0 bridgehead atoms. The Morgan fingerprint density at radius 3 is 2.68 bits per heavy atom. The van der Waals surface area contributed by atoms with Crippen LogP contribution in [0.2, 0.25) is 0 Å². The van der Waals surface area contributed by atoms with Gasteiger partial charge >= 0.3 is 0 Å². The van der Waals surface area contributed by atoms with Crippen LogP contribution in [0, 0.1) is 5.92 Å². The summed E-state index contributed by atoms with van der Waals surface area (Å²) in [7, 11) is 3.97. The standard InChI is InChI=1S/C14H22N4S/c1-9(2)8-10(3)18(5)12-11-6-7-19-13(11)17-14(15-4)16-12/h6-7,9-10H,8H2,1-5H3,(H,15,16,17). The van der Waals surface area contributed by atoms with Gasteiger partial charge in [0.25, 0.3) is 0 Å². The van der Waals surface area contributed by atoms with Gasteiger partial charge in [-0.05, 0) is 30.7 Å². The van der Waals surface area contributed by atoms with Crippen LogP contribution in [0.15, 0.2) is 11.4 Å². The van der Waals surface area contributed by atoms with Crippen LogP contribution in [-0.2, 0) is 0 Å². The summed E-state index contributed by atoms with van der Waals surface area (Å²) in [6.45, 7) is 6.76. The highest BCUT2D eigenvalue weighted by Gasteiger charge is 2.17. The molecular formula is C14H22N4S. The lowest BCUT2D eigenvalue weighted by Crippen LogP contribution is -2.31. The minimum Gasteiger partial charge on any atom is -0.357 e. The highest BCUT2D eigenvalue weighted by Crippen LogP contribution is 2.30. The summed E-state index contributed by atoms with van der Waals surface area (Å²) in [6.07, 6.45) is 1.15. The molecule has 2 heterocycles. The molecule has 5 heteroatoms. The summed E-state index contributed by atoms with van der Waals surface area (Å²) in [5, 5.41) is 6.26. The first-order valence-electron chi connectivity index (χ1n) is 6.68. The fourth-order valence-corrected chi connectivity index (χ4v) is 3.03. The predicted octanol–water partition coefficient (Wildman–Crippen LogP) is 3.60. The van der Waals surface area contributed by atoms with Gasteiger partial charge in [-0.2, -0.15) is 4.98 Å². The van der Waals surface area contributed by atoms with E-state index in [-0.39, 0.29) is 0 Å². The lowest BCUT2D eigenvalue weighted by molar-refractivity contribution is 0.503. The maximum atomic E-state index is 4.63. The molecule has 104 valence electrons. The van der Waals surface area contributed by atoms with Gasteiger partial charge in [0.15, 0.2) is 0 Å². The fourth-order valence-electron chi connectivity index (χ4n) is 2.27. The quantitative estimate of drug-likeness (QED) is 0.907. The van der Waals surface area contributed by atoms with Crippen molar-refractivity contribution in [3.05, 3.63) is 11.4 Å². The summed E-state index contributed by atoms with van der Waals surface area (Å²) >= 11 is 1.66. The number of hydrogen-bond acceptors (Lipinski definition) is 5. The maximum absolute atomic E-state index is 4.63. The number of thiophene rings is 1. The highest BCUT2D eigenvalue weighted by atomic mass is 32.1. The molecule has 0 aliphatic carbocycles. The van der Waals surface area contributed by atoms with E-state index < -0.39 is 0 Å². The van der Waals surface area contributed by atoms with Crippen LogP contribution in [0.5, 0.6) is 0 Å². The smallest absolute Gasteiger partial charge is 0.225 e. The highest BCUT2D eigenvalue weighted by molar-refractivity contribution is 7.16. The zero-order valence-corrected chi connectivity index (χ0v) is 13.1. The molecule has 0 amide bonds. The van der Waals surface area contributed by atoms with Gasteiger partial charge in [-0.1, -0.05) is 13.8 Å². The van der Waals surface area contributed by atoms with Gasteiger partial charge in [0.1, 0.15) is 10.6 Å². The second-order valence-corrected chi connectivity index (χ2v) is 6.24. The molecule has 0 saturated carbocycles. The Morgan fingerprint density at radius 1 is 1.32 bits per heavy atom. The summed E-state index contributed by atoms with van der Waals surface area (Å²) in [5.41, 5.74) is 0. The third kappa shape index (κ3) is 2.97. The minimum absolute atomic E-state index is 0.461. The van der Waals surface area contributed by atoms with Crippen molar-refractivity contribution in [1.29, 1.82) is 0 Å². The van der Waals surface area contributed by atoms with E-state index in [2.05, 4.69) is 59.4 Å². The Morgan fingerprint density at radius 2 is 2.05 bits per heavy atom. The maximum Gasteiger partial charge on any atom is 0.225 e. The first-order chi connectivity index (χ1) is 9.02. The summed E-state index contributed by atoms with van der Waals surface area (Å²) in [5.74, 6) is 2.39. The Kier molecular flexibility index (Phi) is 4.24. The van der Waals surface area contributed by atoms with E-state index in [0.717, 1.165) is 22.5 Å². The van der Waals surface area contributed by atoms with Crippen molar-refractivity contribution in [1.82, 2.24) is 9.97 Å². The third-order valence-corrected chi connectivity index (χ3v) is 4.14. The molecule has 1 unspecified atom stereocenters. The van der Waals surface area contributed by atoms with Gasteiger partial charge in [0, 0.05) is 20.1 Å². The molecule has 2 aromatic heterocycles. The molecule has 0 fully saturated rings. The average Bonchev–Trinajstić information content (AvgIpc) is 2.83. The number of aromatic nitrogens is 2. The number of nitrogens with zero attached hydrogens (tertiary/aromatic N) is 3. The predicted molar refractivity (Wildman–Crippen MR) is 84.3 cm³/mol. The van der Waals surface area contributed by atoms with Crippen LogP contribution in [0.1, 0.15) is 27.2 Å². The van der Waals surface area contributed by atoms with Gasteiger partial charge in [0.05, 0.1) is 5.39 Å². The Hall–Kier alpha value is -1.36. The zero-order chi connectivity index (χ0) is 14.0. The summed E-state index contributed by atoms with van der Waals surface area (Å²) in [4.78, 5) is 12.4. The Labute approximate surface area is 118 Å². The van der Waals surface area contributed by atoms with Crippen LogP contribution in [0.25, 0.3) is 10.2 Å². The zero-order valence-electron chi connectivity index (χ0n) is 12.3. The molecule has 0 aromatic carbocycles. The number of rotatable bonds is 5. The van der Waals surface area contributed by atoms with Gasteiger partial charge < -0.3 is 10.2 Å². The van der Waals surface area contributed by atoms with Crippen LogP contribution in [-0.4, -0.2) is 30.1 Å². The van der Waals surface area contributed by atoms with Crippen molar-refractivity contribution in [3.63, 3.8) is 0 Å². The first-order valence-corrected chi connectivity index (χ1v) is 7.56. The molecule has 0 aliphatic rings. The van der Waals surface area contributed by atoms with E-state index in [1.54, 1.807) is 11.3 Å². The van der Waals surface area contributed by atoms with E-state index in [4.69, 9.17) is 0 Å². The molecular weight excluding hydrogens is 256 g/mol. The van der Waals surface area contributed by atoms with Crippen molar-refractivity contribution in [2.24, 2.45) is 5.92 Å². The fraction of sp³-hybridized carbons (Fsp3) is 0.571. The third-order valence-electron chi connectivity index (χ3n) is 3.34. The van der Waals surface area contributed by atoms with Crippen molar-refractivity contribution in [2.75, 3.05) is 24.3 Å². The topological polar surface area (TPSA) is 41.1 Å². The van der Waals surface area contributed by atoms with Crippen LogP contribution >= 0.6 is 11.3 Å². The minimum atomic E-state index is 0.461. The largest absolute Gasteiger partial charge is 0.357 e. The monoisotopic (exact) mass is 278 g/mol. The van der Waals surface area contributed by atoms with E-state index in [9.17, 15) is 0 Å². The number of anilines is 2. The molecule has 4 nitrogen and oxygen atoms in total.